The number of para-hydroxylation sites is 1. The summed E-state index contributed by atoms with van der Waals surface area (Å²) in [5.74, 6) is -12.6. The van der Waals surface area contributed by atoms with E-state index >= 15 is 0 Å². The molecule has 0 radical (unpaired) electrons. The number of carbonyl (C=O) groups excluding carboxylic acids is 2. The van der Waals surface area contributed by atoms with Crippen molar-refractivity contribution in [1.29, 1.82) is 0 Å². The molecule has 0 aliphatic rings. The van der Waals surface area contributed by atoms with Gasteiger partial charge in [-0.1, -0.05) is 18.2 Å². The summed E-state index contributed by atoms with van der Waals surface area (Å²) < 4.78 is 61.0. The van der Waals surface area contributed by atoms with Gasteiger partial charge in [0.2, 0.25) is 17.4 Å². The van der Waals surface area contributed by atoms with Crippen LogP contribution in [0.3, 0.4) is 0 Å². The van der Waals surface area contributed by atoms with Crippen LogP contribution in [0.15, 0.2) is 36.4 Å². The minimum Gasteiger partial charge on any atom is -0.418 e. The van der Waals surface area contributed by atoms with E-state index in [1.807, 2.05) is 0 Å². The Morgan fingerprint density at radius 2 is 1.27 bits per heavy atom. The minimum absolute atomic E-state index is 0.0317. The first-order chi connectivity index (χ1) is 10.4. The standard InChI is InChI=1S/C14H6F4O4/c15-8-6-9(16)11(18)12(10(8)17)22-14(20)13(19)21-7-4-2-1-3-5-7/h1-6H. The Morgan fingerprint density at radius 3 is 1.82 bits per heavy atom. The third kappa shape index (κ3) is 3.22. The molecule has 2 aromatic carbocycles. The highest BCUT2D eigenvalue weighted by atomic mass is 19.2. The van der Waals surface area contributed by atoms with Crippen LogP contribution in [0.5, 0.6) is 11.5 Å². The fourth-order valence-electron chi connectivity index (χ4n) is 1.41. The van der Waals surface area contributed by atoms with Crippen LogP contribution < -0.4 is 9.47 Å². The lowest BCUT2D eigenvalue weighted by Gasteiger charge is -2.07. The number of benzene rings is 2. The molecule has 0 unspecified atom stereocenters. The zero-order valence-corrected chi connectivity index (χ0v) is 10.6. The van der Waals surface area contributed by atoms with Crippen molar-refractivity contribution in [2.24, 2.45) is 0 Å². The van der Waals surface area contributed by atoms with Crippen LogP contribution in [0.4, 0.5) is 17.6 Å². The lowest BCUT2D eigenvalue weighted by atomic mass is 10.3. The van der Waals surface area contributed by atoms with Gasteiger partial charge in [0.15, 0.2) is 11.6 Å². The number of hydrogen-bond donors (Lipinski definition) is 0. The first kappa shape index (κ1) is 15.5. The molecule has 0 spiro atoms. The summed E-state index contributed by atoms with van der Waals surface area (Å²) >= 11 is 0. The molecule has 0 atom stereocenters. The smallest absolute Gasteiger partial charge is 0.418 e. The number of halogens is 4. The lowest BCUT2D eigenvalue weighted by Crippen LogP contribution is -2.26. The molecule has 0 aromatic heterocycles. The quantitative estimate of drug-likeness (QED) is 0.281. The Morgan fingerprint density at radius 1 is 0.773 bits per heavy atom. The zero-order chi connectivity index (χ0) is 16.3. The summed E-state index contributed by atoms with van der Waals surface area (Å²) in [6, 6.07) is 7.19. The van der Waals surface area contributed by atoms with Crippen molar-refractivity contribution in [2.45, 2.75) is 0 Å². The predicted molar refractivity (Wildman–Crippen MR) is 64.0 cm³/mol. The maximum absolute atomic E-state index is 13.3. The second-order valence-electron chi connectivity index (χ2n) is 3.89. The molecule has 0 heterocycles. The topological polar surface area (TPSA) is 52.6 Å². The van der Waals surface area contributed by atoms with E-state index < -0.39 is 41.0 Å². The molecule has 2 aromatic rings. The van der Waals surface area contributed by atoms with Gasteiger partial charge in [-0.05, 0) is 12.1 Å². The first-order valence-corrected chi connectivity index (χ1v) is 5.72. The summed E-state index contributed by atoms with van der Waals surface area (Å²) in [5, 5.41) is 0. The molecule has 22 heavy (non-hydrogen) atoms. The molecule has 0 saturated heterocycles. The van der Waals surface area contributed by atoms with Gasteiger partial charge in [0.25, 0.3) is 0 Å². The van der Waals surface area contributed by atoms with Crippen molar-refractivity contribution in [2.75, 3.05) is 0 Å². The third-order valence-corrected chi connectivity index (χ3v) is 2.39. The molecule has 0 aliphatic heterocycles. The van der Waals surface area contributed by atoms with Crippen LogP contribution in [-0.2, 0) is 9.59 Å². The highest BCUT2D eigenvalue weighted by molar-refractivity contribution is 6.31. The van der Waals surface area contributed by atoms with Crippen LogP contribution in [-0.4, -0.2) is 11.9 Å². The van der Waals surface area contributed by atoms with Gasteiger partial charge >= 0.3 is 11.9 Å². The van der Waals surface area contributed by atoms with Crippen molar-refractivity contribution in [3.8, 4) is 11.5 Å². The normalized spacial score (nSPS) is 10.2. The number of ether oxygens (including phenoxy) is 2. The molecule has 4 nitrogen and oxygen atoms in total. The second-order valence-corrected chi connectivity index (χ2v) is 3.89. The Bertz CT molecular complexity index is 705. The van der Waals surface area contributed by atoms with Crippen molar-refractivity contribution < 1.29 is 36.6 Å². The molecule has 114 valence electrons. The molecule has 0 amide bonds. The maximum Gasteiger partial charge on any atom is 0.423 e. The summed E-state index contributed by atoms with van der Waals surface area (Å²) in [4.78, 5) is 22.7. The predicted octanol–water partition coefficient (Wildman–Crippen LogP) is 2.75. The lowest BCUT2D eigenvalue weighted by molar-refractivity contribution is -0.156. The average molecular weight is 314 g/mol. The minimum atomic E-state index is -1.94. The van der Waals surface area contributed by atoms with Crippen LogP contribution in [0.25, 0.3) is 0 Å². The van der Waals surface area contributed by atoms with Crippen molar-refractivity contribution >= 4 is 11.9 Å². The summed E-state index contributed by atoms with van der Waals surface area (Å²) in [6.07, 6.45) is 0. The largest absolute Gasteiger partial charge is 0.423 e. The van der Waals surface area contributed by atoms with Crippen molar-refractivity contribution in [3.63, 3.8) is 0 Å². The number of hydrogen-bond acceptors (Lipinski definition) is 4. The second kappa shape index (κ2) is 6.25. The Hall–Kier alpha value is -2.90. The van der Waals surface area contributed by atoms with Crippen LogP contribution >= 0.6 is 0 Å². The molecular weight excluding hydrogens is 308 g/mol. The van der Waals surface area contributed by atoms with Crippen molar-refractivity contribution in [3.05, 3.63) is 59.7 Å². The molecule has 0 fully saturated rings. The molecule has 0 saturated carbocycles. The number of esters is 2. The van der Waals surface area contributed by atoms with E-state index in [1.54, 1.807) is 6.07 Å². The summed E-state index contributed by atoms with van der Waals surface area (Å²) in [6.45, 7) is 0. The summed E-state index contributed by atoms with van der Waals surface area (Å²) in [7, 11) is 0. The number of rotatable bonds is 2. The van der Waals surface area contributed by atoms with E-state index in [0.29, 0.717) is 0 Å². The van der Waals surface area contributed by atoms with E-state index in [-0.39, 0.29) is 11.8 Å². The molecule has 8 heteroatoms. The van der Waals surface area contributed by atoms with E-state index in [0.717, 1.165) is 0 Å². The first-order valence-electron chi connectivity index (χ1n) is 5.72. The fourth-order valence-corrected chi connectivity index (χ4v) is 1.41. The third-order valence-electron chi connectivity index (χ3n) is 2.39. The molecule has 2 rings (SSSR count). The molecule has 0 bridgehead atoms. The van der Waals surface area contributed by atoms with Gasteiger partial charge in [0, 0.05) is 6.07 Å². The molecular formula is C14H6F4O4. The van der Waals surface area contributed by atoms with E-state index in [4.69, 9.17) is 0 Å². The van der Waals surface area contributed by atoms with Crippen LogP contribution in [0, 0.1) is 23.3 Å². The van der Waals surface area contributed by atoms with Gasteiger partial charge in [-0.25, -0.2) is 18.4 Å². The van der Waals surface area contributed by atoms with Gasteiger partial charge in [-0.3, -0.25) is 0 Å². The zero-order valence-electron chi connectivity index (χ0n) is 10.6. The summed E-state index contributed by atoms with van der Waals surface area (Å²) in [5.41, 5.74) is 0. The number of carbonyl (C=O) groups is 2. The molecule has 0 aliphatic carbocycles. The van der Waals surface area contributed by atoms with Gasteiger partial charge in [0.1, 0.15) is 5.75 Å². The monoisotopic (exact) mass is 314 g/mol. The highest BCUT2D eigenvalue weighted by Crippen LogP contribution is 2.26. The average Bonchev–Trinajstić information content (AvgIpc) is 2.50. The SMILES string of the molecule is O=C(Oc1ccccc1)C(=O)Oc1c(F)c(F)cc(F)c1F. The van der Waals surface area contributed by atoms with E-state index in [2.05, 4.69) is 9.47 Å². The van der Waals surface area contributed by atoms with E-state index in [9.17, 15) is 27.2 Å². The Kier molecular flexibility index (Phi) is 4.40. The van der Waals surface area contributed by atoms with Gasteiger partial charge in [-0.15, -0.1) is 0 Å². The fraction of sp³-hybridized carbons (Fsp3) is 0. The van der Waals surface area contributed by atoms with Crippen molar-refractivity contribution in [1.82, 2.24) is 0 Å². The molecule has 0 N–H and O–H groups in total. The van der Waals surface area contributed by atoms with Gasteiger partial charge in [-0.2, -0.15) is 8.78 Å². The Balaban J connectivity index is 2.17. The van der Waals surface area contributed by atoms with Gasteiger partial charge in [0.05, 0.1) is 0 Å². The maximum atomic E-state index is 13.3. The Labute approximate surface area is 120 Å². The van der Waals surface area contributed by atoms with Crippen LogP contribution in [0.1, 0.15) is 0 Å². The van der Waals surface area contributed by atoms with Gasteiger partial charge < -0.3 is 9.47 Å². The van der Waals surface area contributed by atoms with Crippen LogP contribution in [0.2, 0.25) is 0 Å². The highest BCUT2D eigenvalue weighted by Gasteiger charge is 2.27. The van der Waals surface area contributed by atoms with E-state index in [1.165, 1.54) is 24.3 Å².